The van der Waals surface area contributed by atoms with Gasteiger partial charge in [-0.05, 0) is 50.8 Å². The Morgan fingerprint density at radius 2 is 1.88 bits per heavy atom. The van der Waals surface area contributed by atoms with E-state index in [-0.39, 0.29) is 11.4 Å². The van der Waals surface area contributed by atoms with Crippen molar-refractivity contribution < 1.29 is 14.6 Å². The Labute approximate surface area is 194 Å². The van der Waals surface area contributed by atoms with E-state index < -0.39 is 17.3 Å². The number of unbranched alkanes of at least 4 members (excludes halogenated alkanes) is 4. The molecule has 0 aliphatic carbocycles. The second-order valence-electron chi connectivity index (χ2n) is 8.72. The fourth-order valence-electron chi connectivity index (χ4n) is 3.41. The summed E-state index contributed by atoms with van der Waals surface area (Å²) in [5.41, 5.74) is -1.11. The van der Waals surface area contributed by atoms with Crippen LogP contribution in [0.25, 0.3) is 0 Å². The van der Waals surface area contributed by atoms with E-state index in [0.29, 0.717) is 31.7 Å². The lowest BCUT2D eigenvalue weighted by atomic mass is 10.1. The van der Waals surface area contributed by atoms with Crippen molar-refractivity contribution in [3.05, 3.63) is 50.7 Å². The van der Waals surface area contributed by atoms with Gasteiger partial charge in [0.15, 0.2) is 5.60 Å². The minimum atomic E-state index is -1.31. The molecule has 0 aliphatic heterocycles. The molecule has 0 saturated heterocycles. The molecule has 1 aromatic heterocycles. The van der Waals surface area contributed by atoms with Gasteiger partial charge >= 0.3 is 11.7 Å². The average Bonchev–Trinajstić information content (AvgIpc) is 2.76. The molecule has 0 fully saturated rings. The van der Waals surface area contributed by atoms with Crippen LogP contribution in [0.5, 0.6) is 5.75 Å². The molecule has 2 aromatic rings. The number of benzene rings is 1. The minimum Gasteiger partial charge on any atom is -0.478 e. The first-order valence-corrected chi connectivity index (χ1v) is 11.6. The first-order chi connectivity index (χ1) is 15.7. The molecule has 2 N–H and O–H groups in total. The summed E-state index contributed by atoms with van der Waals surface area (Å²) in [6, 6.07) is 7.31. The maximum Gasteiger partial charge on any atom is 0.347 e. The second-order valence-corrected chi connectivity index (χ2v) is 8.72. The average molecular weight is 461 g/mol. The largest absolute Gasteiger partial charge is 0.478 e. The summed E-state index contributed by atoms with van der Waals surface area (Å²) in [5.74, 6) is -0.367. The molecule has 0 radical (unpaired) electrons. The molecular weight excluding hydrogens is 424 g/mol. The Balaban J connectivity index is 1.94. The van der Waals surface area contributed by atoms with Gasteiger partial charge in [0.1, 0.15) is 5.75 Å². The fourth-order valence-corrected chi connectivity index (χ4v) is 3.41. The van der Waals surface area contributed by atoms with Crippen molar-refractivity contribution in [2.24, 2.45) is 7.05 Å². The minimum absolute atomic E-state index is 0.172. The monoisotopic (exact) mass is 460 g/mol. The van der Waals surface area contributed by atoms with Gasteiger partial charge in [0.25, 0.3) is 5.56 Å². The molecule has 0 amide bonds. The molecule has 182 valence electrons. The number of hydrogen-bond acceptors (Lipinski definition) is 6. The first-order valence-electron chi connectivity index (χ1n) is 11.6. The van der Waals surface area contributed by atoms with Gasteiger partial charge in [0.2, 0.25) is 5.82 Å². The molecule has 0 saturated carbocycles. The second kappa shape index (κ2) is 12.2. The molecule has 0 spiro atoms. The third-order valence-electron chi connectivity index (χ3n) is 5.41. The highest BCUT2D eigenvalue weighted by Gasteiger charge is 2.29. The number of carboxylic acids is 1. The van der Waals surface area contributed by atoms with E-state index in [2.05, 4.69) is 17.3 Å². The van der Waals surface area contributed by atoms with Crippen LogP contribution in [0.1, 0.15) is 64.9 Å². The number of aromatic nitrogens is 3. The van der Waals surface area contributed by atoms with Crippen LogP contribution in [0.4, 0.5) is 5.82 Å². The van der Waals surface area contributed by atoms with Gasteiger partial charge < -0.3 is 15.2 Å². The van der Waals surface area contributed by atoms with Crippen LogP contribution in [-0.2, 0) is 24.8 Å². The van der Waals surface area contributed by atoms with Crippen molar-refractivity contribution in [2.75, 3.05) is 11.9 Å². The Hall–Kier alpha value is -3.10. The van der Waals surface area contributed by atoms with Crippen LogP contribution in [0.15, 0.2) is 33.9 Å². The standard InChI is InChI=1S/C24H36N4O5/c1-5-6-7-8-9-16-28-21(29)20(26-27(4)23(28)32)25-15-11-13-18-12-10-14-19(17-18)33-24(2,3)22(30)31/h10,12,14,17H,5-9,11,13,15-16H2,1-4H3,(H,25,26)(H,30,31). The number of aliphatic carboxylic acids is 1. The van der Waals surface area contributed by atoms with Crippen LogP contribution >= 0.6 is 0 Å². The number of anilines is 1. The molecule has 1 heterocycles. The third kappa shape index (κ3) is 7.76. The van der Waals surface area contributed by atoms with Crippen LogP contribution in [0, 0.1) is 0 Å². The van der Waals surface area contributed by atoms with Gasteiger partial charge in [-0.3, -0.25) is 9.36 Å². The summed E-state index contributed by atoms with van der Waals surface area (Å²) in [6.07, 6.45) is 6.59. The van der Waals surface area contributed by atoms with Crippen LogP contribution in [-0.4, -0.2) is 37.6 Å². The molecule has 0 bridgehead atoms. The van der Waals surface area contributed by atoms with Gasteiger partial charge in [-0.25, -0.2) is 14.3 Å². The van der Waals surface area contributed by atoms with Crippen molar-refractivity contribution in [1.82, 2.24) is 14.3 Å². The van der Waals surface area contributed by atoms with Gasteiger partial charge in [-0.1, -0.05) is 44.7 Å². The number of carbonyl (C=O) groups is 1. The highest BCUT2D eigenvalue weighted by Crippen LogP contribution is 2.20. The number of rotatable bonds is 14. The zero-order valence-electron chi connectivity index (χ0n) is 20.1. The number of nitrogens with zero attached hydrogens (tertiary/aromatic N) is 3. The lowest BCUT2D eigenvalue weighted by Crippen LogP contribution is -2.41. The predicted octanol–water partition coefficient (Wildman–Crippen LogP) is 3.20. The SMILES string of the molecule is CCCCCCCn1c(=O)c(NCCCc2cccc(OC(C)(C)C(=O)O)c2)nn(C)c1=O. The Bertz CT molecular complexity index is 1040. The molecule has 1 aromatic carbocycles. The Morgan fingerprint density at radius 1 is 1.15 bits per heavy atom. The molecular formula is C24H36N4O5. The summed E-state index contributed by atoms with van der Waals surface area (Å²) in [5, 5.41) is 16.4. The summed E-state index contributed by atoms with van der Waals surface area (Å²) in [4.78, 5) is 36.3. The summed E-state index contributed by atoms with van der Waals surface area (Å²) in [6.45, 7) is 6.05. The van der Waals surface area contributed by atoms with E-state index in [1.807, 2.05) is 18.2 Å². The fraction of sp³-hybridized carbons (Fsp3) is 0.583. The van der Waals surface area contributed by atoms with E-state index in [1.165, 1.54) is 23.1 Å². The number of hydrogen-bond donors (Lipinski definition) is 2. The molecule has 0 atom stereocenters. The molecule has 2 rings (SSSR count). The van der Waals surface area contributed by atoms with E-state index in [9.17, 15) is 19.5 Å². The Kier molecular flexibility index (Phi) is 9.69. The first kappa shape index (κ1) is 26.2. The molecule has 0 aliphatic rings. The predicted molar refractivity (Wildman–Crippen MR) is 128 cm³/mol. The zero-order valence-corrected chi connectivity index (χ0v) is 20.1. The summed E-state index contributed by atoms with van der Waals surface area (Å²) >= 11 is 0. The quantitative estimate of drug-likeness (QED) is 0.416. The summed E-state index contributed by atoms with van der Waals surface area (Å²) < 4.78 is 8.04. The zero-order chi connectivity index (χ0) is 24.4. The molecule has 9 nitrogen and oxygen atoms in total. The van der Waals surface area contributed by atoms with Crippen molar-refractivity contribution in [3.8, 4) is 5.75 Å². The lowest BCUT2D eigenvalue weighted by Gasteiger charge is -2.21. The van der Waals surface area contributed by atoms with Crippen LogP contribution in [0.3, 0.4) is 0 Å². The third-order valence-corrected chi connectivity index (χ3v) is 5.41. The number of ether oxygens (including phenoxy) is 1. The normalized spacial score (nSPS) is 11.4. The maximum atomic E-state index is 12.7. The number of carboxylic acid groups (broad SMARTS) is 1. The van der Waals surface area contributed by atoms with Crippen LogP contribution in [0.2, 0.25) is 0 Å². The maximum absolute atomic E-state index is 12.7. The Morgan fingerprint density at radius 3 is 2.58 bits per heavy atom. The highest BCUT2D eigenvalue weighted by atomic mass is 16.5. The van der Waals surface area contributed by atoms with Gasteiger partial charge in [0.05, 0.1) is 0 Å². The van der Waals surface area contributed by atoms with Crippen molar-refractivity contribution in [3.63, 3.8) is 0 Å². The molecule has 0 unspecified atom stereocenters. The van der Waals surface area contributed by atoms with E-state index in [0.717, 1.165) is 37.7 Å². The van der Waals surface area contributed by atoms with Crippen molar-refractivity contribution in [1.29, 1.82) is 0 Å². The molecule has 33 heavy (non-hydrogen) atoms. The smallest absolute Gasteiger partial charge is 0.347 e. The van der Waals surface area contributed by atoms with E-state index in [1.54, 1.807) is 13.1 Å². The van der Waals surface area contributed by atoms with E-state index >= 15 is 0 Å². The van der Waals surface area contributed by atoms with E-state index in [4.69, 9.17) is 4.74 Å². The highest BCUT2D eigenvalue weighted by molar-refractivity contribution is 5.76. The van der Waals surface area contributed by atoms with Crippen molar-refractivity contribution in [2.45, 2.75) is 77.9 Å². The van der Waals surface area contributed by atoms with Crippen LogP contribution < -0.4 is 21.3 Å². The van der Waals surface area contributed by atoms with Gasteiger partial charge in [0, 0.05) is 20.1 Å². The number of nitrogens with one attached hydrogen (secondary N) is 1. The molecule has 9 heteroatoms. The topological polar surface area (TPSA) is 115 Å². The van der Waals surface area contributed by atoms with Crippen molar-refractivity contribution >= 4 is 11.8 Å². The number of aryl methyl sites for hydroxylation is 2. The lowest BCUT2D eigenvalue weighted by molar-refractivity contribution is -0.152. The van der Waals surface area contributed by atoms with Gasteiger partial charge in [-0.15, -0.1) is 5.10 Å². The van der Waals surface area contributed by atoms with Gasteiger partial charge in [-0.2, -0.15) is 0 Å². The summed E-state index contributed by atoms with van der Waals surface area (Å²) in [7, 11) is 1.55.